The zero-order chi connectivity index (χ0) is 15.9. The van der Waals surface area contributed by atoms with E-state index >= 15 is 0 Å². The second-order valence-electron chi connectivity index (χ2n) is 4.91. The van der Waals surface area contributed by atoms with Gasteiger partial charge in [0.05, 0.1) is 6.42 Å². The quantitative estimate of drug-likeness (QED) is 0.849. The minimum Gasteiger partial charge on any atom is -0.481 e. The molecule has 2 aromatic rings. The maximum Gasteiger partial charge on any atom is 0.304 e. The van der Waals surface area contributed by atoms with E-state index in [2.05, 4.69) is 4.98 Å². The molecule has 0 saturated heterocycles. The highest BCUT2D eigenvalue weighted by Crippen LogP contribution is 2.21. The van der Waals surface area contributed by atoms with Crippen LogP contribution in [0.15, 0.2) is 42.7 Å². The first kappa shape index (κ1) is 16.4. The Morgan fingerprint density at radius 1 is 1.23 bits per heavy atom. The Hall–Kier alpha value is -1.98. The molecule has 0 aliphatic rings. The van der Waals surface area contributed by atoms with Crippen LogP contribution in [0, 0.1) is 5.82 Å². The van der Waals surface area contributed by atoms with Crippen molar-refractivity contribution in [2.24, 2.45) is 0 Å². The van der Waals surface area contributed by atoms with E-state index in [9.17, 15) is 9.18 Å². The Kier molecular flexibility index (Phi) is 5.86. The molecule has 1 heterocycles. The van der Waals surface area contributed by atoms with E-state index in [0.717, 1.165) is 5.56 Å². The van der Waals surface area contributed by atoms with Crippen molar-refractivity contribution < 1.29 is 14.3 Å². The van der Waals surface area contributed by atoms with Crippen molar-refractivity contribution in [2.45, 2.75) is 19.5 Å². The molecule has 0 atom stereocenters. The summed E-state index contributed by atoms with van der Waals surface area (Å²) in [5.41, 5.74) is 1.36. The summed E-state index contributed by atoms with van der Waals surface area (Å²) in [5.74, 6) is -1.28. The highest BCUT2D eigenvalue weighted by molar-refractivity contribution is 6.31. The molecule has 1 aromatic heterocycles. The number of halogens is 2. The van der Waals surface area contributed by atoms with Gasteiger partial charge in [0.25, 0.3) is 0 Å². The van der Waals surface area contributed by atoms with Crippen molar-refractivity contribution in [3.8, 4) is 0 Å². The molecular weight excluding hydrogens is 307 g/mol. The molecule has 0 fully saturated rings. The summed E-state index contributed by atoms with van der Waals surface area (Å²) in [5, 5.41) is 9.21. The zero-order valence-corrected chi connectivity index (χ0v) is 12.6. The Morgan fingerprint density at radius 2 is 1.95 bits per heavy atom. The van der Waals surface area contributed by atoms with Gasteiger partial charge in [0, 0.05) is 42.6 Å². The van der Waals surface area contributed by atoms with Crippen molar-refractivity contribution in [3.63, 3.8) is 0 Å². The van der Waals surface area contributed by atoms with Crippen LogP contribution < -0.4 is 0 Å². The number of hydrogen-bond acceptors (Lipinski definition) is 3. The van der Waals surface area contributed by atoms with E-state index in [1.807, 2.05) is 17.0 Å². The maximum atomic E-state index is 13.9. The normalized spacial score (nSPS) is 10.9. The lowest BCUT2D eigenvalue weighted by Crippen LogP contribution is -2.26. The van der Waals surface area contributed by atoms with Crippen LogP contribution in [-0.2, 0) is 17.9 Å². The number of nitrogens with zero attached hydrogens (tertiary/aromatic N) is 2. The molecule has 6 heteroatoms. The largest absolute Gasteiger partial charge is 0.481 e. The fourth-order valence-corrected chi connectivity index (χ4v) is 2.34. The summed E-state index contributed by atoms with van der Waals surface area (Å²) in [6, 6.07) is 8.21. The summed E-state index contributed by atoms with van der Waals surface area (Å²) in [4.78, 5) is 16.6. The van der Waals surface area contributed by atoms with Gasteiger partial charge in [0.1, 0.15) is 5.82 Å². The molecule has 2 rings (SSSR count). The van der Waals surface area contributed by atoms with E-state index in [-0.39, 0.29) is 18.8 Å². The van der Waals surface area contributed by atoms with Crippen molar-refractivity contribution in [3.05, 3.63) is 64.7 Å². The van der Waals surface area contributed by atoms with Crippen LogP contribution in [0.3, 0.4) is 0 Å². The smallest absolute Gasteiger partial charge is 0.304 e. The SMILES string of the molecule is O=C(O)CCN(Cc1ccncc1)Cc1c(F)cccc1Cl. The first-order valence-electron chi connectivity index (χ1n) is 6.82. The van der Waals surface area contributed by atoms with Crippen LogP contribution in [0.25, 0.3) is 0 Å². The number of benzene rings is 1. The molecule has 116 valence electrons. The Labute approximate surface area is 133 Å². The van der Waals surface area contributed by atoms with Gasteiger partial charge in [-0.2, -0.15) is 0 Å². The average molecular weight is 323 g/mol. The molecule has 0 radical (unpaired) electrons. The van der Waals surface area contributed by atoms with E-state index in [0.29, 0.717) is 23.7 Å². The summed E-state index contributed by atoms with van der Waals surface area (Å²) >= 11 is 6.05. The molecule has 0 amide bonds. The lowest BCUT2D eigenvalue weighted by atomic mass is 10.1. The minimum absolute atomic E-state index is 0.0167. The van der Waals surface area contributed by atoms with Crippen LogP contribution >= 0.6 is 11.6 Å². The highest BCUT2D eigenvalue weighted by atomic mass is 35.5. The monoisotopic (exact) mass is 322 g/mol. The van der Waals surface area contributed by atoms with Crippen LogP contribution in [-0.4, -0.2) is 27.5 Å². The first-order chi connectivity index (χ1) is 10.6. The second-order valence-corrected chi connectivity index (χ2v) is 5.32. The molecule has 0 aliphatic carbocycles. The third kappa shape index (κ3) is 4.79. The van der Waals surface area contributed by atoms with Gasteiger partial charge < -0.3 is 5.11 Å². The van der Waals surface area contributed by atoms with Crippen LogP contribution in [0.4, 0.5) is 4.39 Å². The molecule has 0 aliphatic heterocycles. The summed E-state index contributed by atoms with van der Waals surface area (Å²) in [6.07, 6.45) is 3.32. The number of rotatable bonds is 7. The van der Waals surface area contributed by atoms with Crippen LogP contribution in [0.5, 0.6) is 0 Å². The molecular formula is C16H16ClFN2O2. The Bertz CT molecular complexity index is 617. The molecule has 0 bridgehead atoms. The third-order valence-electron chi connectivity index (χ3n) is 3.24. The molecule has 4 nitrogen and oxygen atoms in total. The fraction of sp³-hybridized carbons (Fsp3) is 0.250. The first-order valence-corrected chi connectivity index (χ1v) is 7.20. The molecule has 0 saturated carbocycles. The predicted molar refractivity (Wildman–Crippen MR) is 82.0 cm³/mol. The van der Waals surface area contributed by atoms with Crippen molar-refractivity contribution in [1.29, 1.82) is 0 Å². The van der Waals surface area contributed by atoms with Gasteiger partial charge in [0.2, 0.25) is 0 Å². The number of aliphatic carboxylic acids is 1. The van der Waals surface area contributed by atoms with Crippen molar-refractivity contribution in [1.82, 2.24) is 9.88 Å². The molecule has 1 aromatic carbocycles. The van der Waals surface area contributed by atoms with Gasteiger partial charge in [-0.3, -0.25) is 14.7 Å². The average Bonchev–Trinajstić information content (AvgIpc) is 2.49. The van der Waals surface area contributed by atoms with Crippen LogP contribution in [0.1, 0.15) is 17.5 Å². The zero-order valence-electron chi connectivity index (χ0n) is 11.9. The topological polar surface area (TPSA) is 53.4 Å². The van der Waals surface area contributed by atoms with Gasteiger partial charge in [-0.15, -0.1) is 0 Å². The fourth-order valence-electron chi connectivity index (χ4n) is 2.12. The number of carbonyl (C=O) groups is 1. The second kappa shape index (κ2) is 7.87. The highest BCUT2D eigenvalue weighted by Gasteiger charge is 2.14. The number of aromatic nitrogens is 1. The summed E-state index contributed by atoms with van der Waals surface area (Å²) < 4.78 is 13.9. The standard InChI is InChI=1S/C16H16ClFN2O2/c17-14-2-1-3-15(18)13(14)11-20(9-6-16(21)22)10-12-4-7-19-8-5-12/h1-5,7-8H,6,9-11H2,(H,21,22). The van der Waals surface area contributed by atoms with E-state index in [1.165, 1.54) is 6.07 Å². The van der Waals surface area contributed by atoms with E-state index in [1.54, 1.807) is 24.5 Å². The van der Waals surface area contributed by atoms with E-state index in [4.69, 9.17) is 16.7 Å². The number of carboxylic acids is 1. The summed E-state index contributed by atoms with van der Waals surface area (Å²) in [6.45, 7) is 1.06. The summed E-state index contributed by atoms with van der Waals surface area (Å²) in [7, 11) is 0. The Balaban J connectivity index is 2.15. The molecule has 0 unspecified atom stereocenters. The third-order valence-corrected chi connectivity index (χ3v) is 3.59. The number of pyridine rings is 1. The van der Waals surface area contributed by atoms with Gasteiger partial charge >= 0.3 is 5.97 Å². The lowest BCUT2D eigenvalue weighted by Gasteiger charge is -2.22. The van der Waals surface area contributed by atoms with Gasteiger partial charge in [-0.05, 0) is 29.8 Å². The van der Waals surface area contributed by atoms with E-state index < -0.39 is 5.97 Å². The predicted octanol–water partition coefficient (Wildman–Crippen LogP) is 3.35. The van der Waals surface area contributed by atoms with Crippen molar-refractivity contribution in [2.75, 3.05) is 6.54 Å². The number of hydrogen-bond donors (Lipinski definition) is 1. The minimum atomic E-state index is -0.889. The van der Waals surface area contributed by atoms with Crippen LogP contribution in [0.2, 0.25) is 5.02 Å². The molecule has 0 spiro atoms. The number of carboxylic acid groups (broad SMARTS) is 1. The van der Waals surface area contributed by atoms with Gasteiger partial charge in [-0.1, -0.05) is 17.7 Å². The van der Waals surface area contributed by atoms with Crippen molar-refractivity contribution >= 4 is 17.6 Å². The van der Waals surface area contributed by atoms with Gasteiger partial charge in [-0.25, -0.2) is 4.39 Å². The van der Waals surface area contributed by atoms with Gasteiger partial charge in [0.15, 0.2) is 0 Å². The Morgan fingerprint density at radius 3 is 2.59 bits per heavy atom. The lowest BCUT2D eigenvalue weighted by molar-refractivity contribution is -0.137. The molecule has 1 N–H and O–H groups in total. The molecule has 22 heavy (non-hydrogen) atoms. The maximum absolute atomic E-state index is 13.9.